The molecular weight excluding hydrogens is 530 g/mol. The van der Waals surface area contributed by atoms with Crippen LogP contribution in [0.25, 0.3) is 0 Å². The largest absolute Gasteiger partial charge is 0.341 e. The normalized spacial score (nSPS) is 27.2. The summed E-state index contributed by atoms with van der Waals surface area (Å²) < 4.78 is 27.8. The van der Waals surface area contributed by atoms with Gasteiger partial charge in [-0.1, -0.05) is 32.1 Å². The Bertz CT molecular complexity index is 1250. The van der Waals surface area contributed by atoms with E-state index in [9.17, 15) is 28.0 Å². The van der Waals surface area contributed by atoms with Crippen molar-refractivity contribution < 1.29 is 28.0 Å². The van der Waals surface area contributed by atoms with Crippen LogP contribution in [0.4, 0.5) is 8.78 Å². The van der Waals surface area contributed by atoms with Gasteiger partial charge in [0.25, 0.3) is 0 Å². The summed E-state index contributed by atoms with van der Waals surface area (Å²) in [4.78, 5) is 55.4. The van der Waals surface area contributed by atoms with Crippen LogP contribution in [0.2, 0.25) is 0 Å². The molecule has 0 bridgehead atoms. The number of fused-ring (bicyclic) bond motifs is 1. The number of amides is 4. The van der Waals surface area contributed by atoms with Crippen molar-refractivity contribution in [1.82, 2.24) is 14.8 Å². The number of carbonyl (C=O) groups excluding carboxylic acids is 4. The number of piperidine rings is 2. The number of likely N-dealkylation sites (tertiary alicyclic amines) is 2. The maximum Gasteiger partial charge on any atom is 0.246 e. The van der Waals surface area contributed by atoms with Crippen LogP contribution in [0, 0.1) is 28.9 Å². The molecule has 1 spiro atoms. The van der Waals surface area contributed by atoms with Gasteiger partial charge in [-0.05, 0) is 62.1 Å². The number of hydrogen-bond donors (Lipinski definition) is 0. The standard InChI is InChI=1S/C31H38F2N4O4/c32-24-9-8-20(16-25(24)33)29-22-6-2-3-7-23(22)30(41)37(34-29)21-10-14-35(15-11-21)28(40)19-36-26(38)17-31(18-27(36)39)12-4-1-5-13-31/h8-9,16,21-23H,1-7,10-15,17-19H2/t22-,23+/m0/s1. The summed E-state index contributed by atoms with van der Waals surface area (Å²) in [5, 5.41) is 6.28. The second-order valence-corrected chi connectivity index (χ2v) is 12.7. The first kappa shape index (κ1) is 28.0. The second-order valence-electron chi connectivity index (χ2n) is 12.7. The summed E-state index contributed by atoms with van der Waals surface area (Å²) >= 11 is 0. The highest BCUT2D eigenvalue weighted by Gasteiger charge is 2.46. The number of halogens is 2. The van der Waals surface area contributed by atoms with Gasteiger partial charge in [0.05, 0.1) is 11.8 Å². The quantitative estimate of drug-likeness (QED) is 0.504. The number of benzene rings is 1. The summed E-state index contributed by atoms with van der Waals surface area (Å²) in [6.07, 6.45) is 10.1. The fourth-order valence-corrected chi connectivity index (χ4v) is 7.81. The fraction of sp³-hybridized carbons (Fsp3) is 0.645. The molecule has 8 nitrogen and oxygen atoms in total. The van der Waals surface area contributed by atoms with Crippen molar-refractivity contribution in [3.63, 3.8) is 0 Å². The van der Waals surface area contributed by atoms with Crippen molar-refractivity contribution in [2.45, 2.75) is 89.5 Å². The first-order chi connectivity index (χ1) is 19.7. The maximum absolute atomic E-state index is 14.1. The van der Waals surface area contributed by atoms with Crippen molar-refractivity contribution in [2.75, 3.05) is 19.6 Å². The van der Waals surface area contributed by atoms with E-state index in [0.29, 0.717) is 50.0 Å². The van der Waals surface area contributed by atoms with Crippen LogP contribution in [-0.4, -0.2) is 69.8 Å². The molecule has 5 aliphatic rings. The number of carbonyl (C=O) groups is 4. The molecule has 220 valence electrons. The molecule has 2 saturated carbocycles. The summed E-state index contributed by atoms with van der Waals surface area (Å²) in [6, 6.07) is 3.56. The molecule has 41 heavy (non-hydrogen) atoms. The lowest BCUT2D eigenvalue weighted by molar-refractivity contribution is -0.159. The van der Waals surface area contributed by atoms with Gasteiger partial charge in [0.1, 0.15) is 6.54 Å². The van der Waals surface area contributed by atoms with Crippen molar-refractivity contribution in [3.05, 3.63) is 35.4 Å². The van der Waals surface area contributed by atoms with Crippen molar-refractivity contribution in [3.8, 4) is 0 Å². The number of hydrogen-bond acceptors (Lipinski definition) is 5. The third-order valence-corrected chi connectivity index (χ3v) is 10.1. The average Bonchev–Trinajstić information content (AvgIpc) is 2.97. The van der Waals surface area contributed by atoms with Crippen LogP contribution in [0.15, 0.2) is 23.3 Å². The fourth-order valence-electron chi connectivity index (χ4n) is 7.81. The molecule has 4 amide bonds. The van der Waals surface area contributed by atoms with E-state index >= 15 is 0 Å². The topological polar surface area (TPSA) is 90.4 Å². The summed E-state index contributed by atoms with van der Waals surface area (Å²) in [5.41, 5.74) is 0.906. The third kappa shape index (κ3) is 5.42. The number of hydrazone groups is 1. The van der Waals surface area contributed by atoms with Gasteiger partial charge in [-0.25, -0.2) is 13.8 Å². The molecule has 4 fully saturated rings. The zero-order chi connectivity index (χ0) is 28.7. The number of imide groups is 1. The predicted molar refractivity (Wildman–Crippen MR) is 146 cm³/mol. The minimum atomic E-state index is -0.938. The lowest BCUT2D eigenvalue weighted by Crippen LogP contribution is -2.55. The number of nitrogens with zero attached hydrogens (tertiary/aromatic N) is 4. The Balaban J connectivity index is 1.12. The molecule has 0 aromatic heterocycles. The SMILES string of the molecule is O=C(CN1C(=O)CC2(CCCCC2)CC1=O)N1CCC(N2N=C(c3ccc(F)c(F)c3)[C@H]3CCCC[C@H]3C2=O)CC1. The van der Waals surface area contributed by atoms with Crippen LogP contribution in [0.5, 0.6) is 0 Å². The molecule has 0 radical (unpaired) electrons. The Hall–Kier alpha value is -3.17. The molecule has 3 aliphatic heterocycles. The molecule has 6 rings (SSSR count). The summed E-state index contributed by atoms with van der Waals surface area (Å²) in [5.74, 6) is -3.00. The lowest BCUT2D eigenvalue weighted by atomic mass is 9.67. The van der Waals surface area contributed by atoms with Gasteiger partial charge in [0, 0.05) is 43.3 Å². The zero-order valence-corrected chi connectivity index (χ0v) is 23.5. The molecule has 2 saturated heterocycles. The first-order valence-corrected chi connectivity index (χ1v) is 15.2. The minimum absolute atomic E-state index is 0.0352. The molecule has 1 aromatic rings. The average molecular weight is 569 g/mol. The summed E-state index contributed by atoms with van der Waals surface area (Å²) in [7, 11) is 0. The van der Waals surface area contributed by atoms with Crippen molar-refractivity contribution in [1.29, 1.82) is 0 Å². The zero-order valence-electron chi connectivity index (χ0n) is 23.5. The third-order valence-electron chi connectivity index (χ3n) is 10.1. The van der Waals surface area contributed by atoms with E-state index in [1.807, 2.05) is 0 Å². The molecule has 2 atom stereocenters. The van der Waals surface area contributed by atoms with Crippen LogP contribution >= 0.6 is 0 Å². The molecule has 2 aliphatic carbocycles. The molecule has 3 heterocycles. The van der Waals surface area contributed by atoms with Gasteiger partial charge in [-0.3, -0.25) is 24.1 Å². The Morgan fingerprint density at radius 2 is 1.51 bits per heavy atom. The van der Waals surface area contributed by atoms with E-state index in [2.05, 4.69) is 0 Å². The van der Waals surface area contributed by atoms with E-state index in [0.717, 1.165) is 74.8 Å². The van der Waals surface area contributed by atoms with Gasteiger partial charge in [0.2, 0.25) is 23.6 Å². The van der Waals surface area contributed by atoms with Crippen molar-refractivity contribution in [2.24, 2.45) is 22.4 Å². The van der Waals surface area contributed by atoms with E-state index < -0.39 is 11.6 Å². The smallest absolute Gasteiger partial charge is 0.246 e. The van der Waals surface area contributed by atoms with Crippen LogP contribution in [0.3, 0.4) is 0 Å². The van der Waals surface area contributed by atoms with Gasteiger partial charge in [-0.15, -0.1) is 0 Å². The minimum Gasteiger partial charge on any atom is -0.341 e. The van der Waals surface area contributed by atoms with E-state index in [1.54, 1.807) is 4.90 Å². The van der Waals surface area contributed by atoms with Gasteiger partial charge in [0.15, 0.2) is 11.6 Å². The monoisotopic (exact) mass is 568 g/mol. The van der Waals surface area contributed by atoms with E-state index in [1.165, 1.54) is 11.1 Å². The number of rotatable bonds is 4. The van der Waals surface area contributed by atoms with E-state index in [-0.39, 0.29) is 53.5 Å². The highest BCUT2D eigenvalue weighted by atomic mass is 19.2. The lowest BCUT2D eigenvalue weighted by Gasteiger charge is -2.44. The Labute approximate surface area is 239 Å². The van der Waals surface area contributed by atoms with Crippen molar-refractivity contribution >= 4 is 29.3 Å². The van der Waals surface area contributed by atoms with Crippen LogP contribution < -0.4 is 0 Å². The molecular formula is C31H38F2N4O4. The molecule has 1 aromatic carbocycles. The van der Waals surface area contributed by atoms with E-state index in [4.69, 9.17) is 5.10 Å². The van der Waals surface area contributed by atoms with Gasteiger partial charge < -0.3 is 4.90 Å². The predicted octanol–water partition coefficient (Wildman–Crippen LogP) is 4.41. The maximum atomic E-state index is 14.1. The Morgan fingerprint density at radius 1 is 0.854 bits per heavy atom. The van der Waals surface area contributed by atoms with Crippen LogP contribution in [0.1, 0.15) is 89.0 Å². The Kier molecular flexibility index (Phi) is 7.68. The second kappa shape index (κ2) is 11.2. The summed E-state index contributed by atoms with van der Waals surface area (Å²) in [6.45, 7) is 0.540. The molecule has 0 N–H and O–H groups in total. The molecule has 0 unspecified atom stereocenters. The first-order valence-electron chi connectivity index (χ1n) is 15.2. The van der Waals surface area contributed by atoms with Gasteiger partial charge in [-0.2, -0.15) is 5.10 Å². The van der Waals surface area contributed by atoms with Crippen LogP contribution in [-0.2, 0) is 19.2 Å². The van der Waals surface area contributed by atoms with Gasteiger partial charge >= 0.3 is 0 Å². The molecule has 10 heteroatoms. The Morgan fingerprint density at radius 3 is 2.17 bits per heavy atom. The highest BCUT2D eigenvalue weighted by molar-refractivity contribution is 6.07. The highest BCUT2D eigenvalue weighted by Crippen LogP contribution is 2.45.